The molecule has 0 saturated heterocycles. The van der Waals surface area contributed by atoms with Crippen molar-refractivity contribution in [2.45, 2.75) is 182 Å². The zero-order valence-corrected chi connectivity index (χ0v) is 31.1. The van der Waals surface area contributed by atoms with Crippen molar-refractivity contribution in [1.29, 1.82) is 0 Å². The zero-order chi connectivity index (χ0) is 33.5. The summed E-state index contributed by atoms with van der Waals surface area (Å²) in [5.74, 6) is 9.59. The first kappa shape index (κ1) is 38.8. The van der Waals surface area contributed by atoms with Gasteiger partial charge >= 0.3 is 0 Å². The molecule has 1 N–H and O–H groups in total. The first-order valence-corrected chi connectivity index (χ1v) is 20.1. The van der Waals surface area contributed by atoms with Crippen LogP contribution >= 0.6 is 0 Å². The monoisotopic (exact) mass is 639 g/mol. The molecule has 0 aromatic heterocycles. The predicted octanol–water partition coefficient (Wildman–Crippen LogP) is 14.6. The topological polar surface area (TPSA) is 26.8 Å². The van der Waals surface area contributed by atoms with Crippen molar-refractivity contribution in [3.8, 4) is 0 Å². The smallest absolute Gasteiger partial charge is 0.215 e. The number of allylic oxidation sites excluding steroid dienone is 3. The summed E-state index contributed by atoms with van der Waals surface area (Å²) < 4.78 is 1.79. The molecule has 0 fully saturated rings. The van der Waals surface area contributed by atoms with E-state index < -0.39 is 0 Å². The highest BCUT2D eigenvalue weighted by Crippen LogP contribution is 2.38. The average molecular weight is 639 g/mol. The van der Waals surface area contributed by atoms with E-state index >= 15 is 0 Å². The van der Waals surface area contributed by atoms with Crippen LogP contribution in [0, 0.1) is 0 Å². The fourth-order valence-corrected chi connectivity index (χ4v) is 7.10. The van der Waals surface area contributed by atoms with Crippen molar-refractivity contribution in [2.24, 2.45) is 0 Å². The standard InChI is InChI=1S/C45H70N2/c1-5-9-13-16-17-18-19-20-21-22-25-29-43-42(28-12-8-4)44(40-34-30-38(31-35-40)26-23-14-10-6-2)47(46)45(43)41-36-32-39(33-37-41)27-24-15-11-7-3/h29-37,46H,5-28H2,1-4H3. The highest BCUT2D eigenvalue weighted by atomic mass is 15.3. The van der Waals surface area contributed by atoms with E-state index in [1.165, 1.54) is 155 Å². The number of nitrogens with one attached hydrogen (secondary N) is 1. The third-order valence-corrected chi connectivity index (χ3v) is 10.1. The van der Waals surface area contributed by atoms with Gasteiger partial charge in [0.2, 0.25) is 11.4 Å². The Morgan fingerprint density at radius 2 is 0.894 bits per heavy atom. The summed E-state index contributed by atoms with van der Waals surface area (Å²) in [6.07, 6.45) is 33.3. The Hall–Kier alpha value is -2.61. The molecule has 1 heterocycles. The SMILES string of the molecule is CCCCCCCCCCCCC=C1C(CCCC)=C(c2ccc(CCCCCC)cc2)[N+]([NH-])=C1c1ccc(CCCCCC)cc1. The molecule has 1 aliphatic heterocycles. The summed E-state index contributed by atoms with van der Waals surface area (Å²) in [5, 5.41) is 0. The molecular formula is C45H70N2. The van der Waals surface area contributed by atoms with Gasteiger partial charge < -0.3 is 5.84 Å². The minimum atomic E-state index is 1.03. The van der Waals surface area contributed by atoms with Gasteiger partial charge in [0.15, 0.2) is 0 Å². The van der Waals surface area contributed by atoms with Gasteiger partial charge in [-0.05, 0) is 86.8 Å². The molecule has 0 bridgehead atoms. The number of hydrogen-bond acceptors (Lipinski definition) is 0. The number of hydrogen-bond donors (Lipinski definition) is 0. The molecule has 2 heteroatoms. The van der Waals surface area contributed by atoms with Gasteiger partial charge in [-0.1, -0.05) is 161 Å². The van der Waals surface area contributed by atoms with Crippen molar-refractivity contribution in [3.05, 3.63) is 93.8 Å². The van der Waals surface area contributed by atoms with Gasteiger partial charge in [0, 0.05) is 16.7 Å². The van der Waals surface area contributed by atoms with Crippen LogP contribution in [0.1, 0.15) is 191 Å². The Labute approximate surface area is 291 Å². The number of nitrogens with zero attached hydrogens (tertiary/aromatic N) is 1. The molecule has 0 saturated carbocycles. The average Bonchev–Trinajstić information content (AvgIpc) is 3.37. The van der Waals surface area contributed by atoms with Crippen LogP contribution in [0.25, 0.3) is 11.5 Å². The largest absolute Gasteiger partial charge is 0.448 e. The highest BCUT2D eigenvalue weighted by molar-refractivity contribution is 6.16. The van der Waals surface area contributed by atoms with Crippen LogP contribution in [0.2, 0.25) is 0 Å². The molecule has 0 atom stereocenters. The Balaban J connectivity index is 1.81. The van der Waals surface area contributed by atoms with E-state index in [4.69, 9.17) is 0 Å². The van der Waals surface area contributed by atoms with Crippen molar-refractivity contribution in [1.82, 2.24) is 0 Å². The van der Waals surface area contributed by atoms with Gasteiger partial charge in [-0.3, -0.25) is 0 Å². The van der Waals surface area contributed by atoms with E-state index in [0.29, 0.717) is 0 Å². The lowest BCUT2D eigenvalue weighted by molar-refractivity contribution is -0.347. The molecule has 1 aliphatic rings. The van der Waals surface area contributed by atoms with E-state index in [0.717, 1.165) is 43.5 Å². The summed E-state index contributed by atoms with van der Waals surface area (Å²) in [4.78, 5) is 0. The third-order valence-electron chi connectivity index (χ3n) is 10.1. The molecule has 0 unspecified atom stereocenters. The molecule has 2 aromatic carbocycles. The first-order chi connectivity index (χ1) is 23.1. The summed E-state index contributed by atoms with van der Waals surface area (Å²) >= 11 is 0. The summed E-state index contributed by atoms with van der Waals surface area (Å²) in [6, 6.07) is 18.4. The molecule has 0 aliphatic carbocycles. The van der Waals surface area contributed by atoms with Crippen molar-refractivity contribution in [2.75, 3.05) is 0 Å². The lowest BCUT2D eigenvalue weighted by Crippen LogP contribution is -2.11. The Bertz CT molecular complexity index is 1210. The molecular weight excluding hydrogens is 569 g/mol. The van der Waals surface area contributed by atoms with Crippen LogP contribution in [-0.2, 0) is 12.8 Å². The van der Waals surface area contributed by atoms with Crippen LogP contribution in [0.4, 0.5) is 0 Å². The van der Waals surface area contributed by atoms with Crippen molar-refractivity contribution < 1.29 is 4.68 Å². The van der Waals surface area contributed by atoms with Crippen LogP contribution in [0.3, 0.4) is 0 Å². The van der Waals surface area contributed by atoms with E-state index in [1.54, 1.807) is 4.68 Å². The quantitative estimate of drug-likeness (QED) is 0.0724. The van der Waals surface area contributed by atoms with Gasteiger partial charge in [0.05, 0.1) is 5.57 Å². The summed E-state index contributed by atoms with van der Waals surface area (Å²) in [5.41, 5.74) is 10.1. The molecule has 260 valence electrons. The summed E-state index contributed by atoms with van der Waals surface area (Å²) in [7, 11) is 0. The normalized spacial score (nSPS) is 14.3. The first-order valence-electron chi connectivity index (χ1n) is 20.1. The second-order valence-electron chi connectivity index (χ2n) is 14.2. The molecule has 0 amide bonds. The summed E-state index contributed by atoms with van der Waals surface area (Å²) in [6.45, 7) is 9.15. The maximum Gasteiger partial charge on any atom is 0.215 e. The van der Waals surface area contributed by atoms with E-state index in [1.807, 2.05) is 0 Å². The van der Waals surface area contributed by atoms with Gasteiger partial charge in [-0.2, -0.15) is 0 Å². The van der Waals surface area contributed by atoms with Crippen LogP contribution < -0.4 is 0 Å². The Morgan fingerprint density at radius 3 is 1.38 bits per heavy atom. The van der Waals surface area contributed by atoms with Crippen LogP contribution in [0.15, 0.2) is 65.8 Å². The second kappa shape index (κ2) is 23.7. The van der Waals surface area contributed by atoms with Gasteiger partial charge in [-0.25, -0.2) is 4.68 Å². The van der Waals surface area contributed by atoms with Gasteiger partial charge in [0.25, 0.3) is 0 Å². The molecule has 0 radical (unpaired) electrons. The number of unbranched alkanes of at least 4 members (excludes halogenated alkanes) is 17. The minimum absolute atomic E-state index is 1.03. The molecule has 2 nitrogen and oxygen atoms in total. The van der Waals surface area contributed by atoms with Gasteiger partial charge in [0.1, 0.15) is 0 Å². The minimum Gasteiger partial charge on any atom is -0.448 e. The lowest BCUT2D eigenvalue weighted by atomic mass is 9.91. The highest BCUT2D eigenvalue weighted by Gasteiger charge is 2.34. The van der Waals surface area contributed by atoms with E-state index in [-0.39, 0.29) is 0 Å². The van der Waals surface area contributed by atoms with Crippen LogP contribution in [0.5, 0.6) is 0 Å². The fourth-order valence-electron chi connectivity index (χ4n) is 7.10. The lowest BCUT2D eigenvalue weighted by Gasteiger charge is -2.10. The second-order valence-corrected chi connectivity index (χ2v) is 14.2. The van der Waals surface area contributed by atoms with Crippen LogP contribution in [-0.4, -0.2) is 10.4 Å². The molecule has 3 rings (SSSR count). The Kier molecular flexibility index (Phi) is 19.6. The maximum absolute atomic E-state index is 9.59. The third kappa shape index (κ3) is 13.4. The Morgan fingerprint density at radius 1 is 0.468 bits per heavy atom. The predicted molar refractivity (Wildman–Crippen MR) is 208 cm³/mol. The number of benzene rings is 2. The van der Waals surface area contributed by atoms with Gasteiger partial charge in [-0.15, -0.1) is 0 Å². The van der Waals surface area contributed by atoms with E-state index in [9.17, 15) is 5.84 Å². The molecule has 0 spiro atoms. The number of aryl methyl sites for hydroxylation is 2. The molecule has 47 heavy (non-hydrogen) atoms. The van der Waals surface area contributed by atoms with E-state index in [2.05, 4.69) is 82.3 Å². The zero-order valence-electron chi connectivity index (χ0n) is 31.1. The van der Waals surface area contributed by atoms with Crippen molar-refractivity contribution in [3.63, 3.8) is 0 Å². The number of rotatable bonds is 26. The maximum atomic E-state index is 9.59. The molecule has 2 aromatic rings. The van der Waals surface area contributed by atoms with Crippen molar-refractivity contribution >= 4 is 11.4 Å². The fraction of sp³-hybridized carbons (Fsp3) is 0.622.